The first-order chi connectivity index (χ1) is 19.0. The molecule has 2 aromatic heterocycles. The molecule has 40 heavy (non-hydrogen) atoms. The van der Waals surface area contributed by atoms with Crippen molar-refractivity contribution in [2.45, 2.75) is 58.8 Å². The molecule has 0 aliphatic rings. The molecule has 0 saturated heterocycles. The van der Waals surface area contributed by atoms with Gasteiger partial charge in [0.05, 0.1) is 29.3 Å². The molecule has 0 radical (unpaired) electrons. The number of esters is 1. The minimum atomic E-state index is -0.706. The van der Waals surface area contributed by atoms with Crippen LogP contribution < -0.4 is 15.4 Å². The van der Waals surface area contributed by atoms with E-state index in [0.717, 1.165) is 29.5 Å². The number of carbonyl (C=O) groups excluding carboxylic acids is 4. The molecule has 214 valence electrons. The Hall–Kier alpha value is -3.71. The number of ketones is 1. The second-order valence-corrected chi connectivity index (χ2v) is 10.8. The number of amides is 2. The second kappa shape index (κ2) is 14.1. The fourth-order valence-corrected chi connectivity index (χ4v) is 5.51. The molecule has 11 nitrogen and oxygen atoms in total. The van der Waals surface area contributed by atoms with Crippen molar-refractivity contribution in [2.24, 2.45) is 7.05 Å². The number of Topliss-reactive ketones (excluding diaryl/α,β-unsaturated/α-hetero) is 1. The monoisotopic (exact) mass is 587 g/mol. The molecular weight excluding hydrogens is 554 g/mol. The summed E-state index contributed by atoms with van der Waals surface area (Å²) >= 11 is 2.19. The van der Waals surface area contributed by atoms with Crippen LogP contribution in [0.4, 0.5) is 5.00 Å². The van der Waals surface area contributed by atoms with E-state index < -0.39 is 12.1 Å². The number of benzene rings is 1. The number of carbonyl (C=O) groups is 4. The number of anilines is 1. The summed E-state index contributed by atoms with van der Waals surface area (Å²) in [5, 5.41) is 14.5. The third-order valence-electron chi connectivity index (χ3n) is 5.89. The summed E-state index contributed by atoms with van der Waals surface area (Å²) in [7, 11) is 1.73. The Labute approximate surface area is 241 Å². The number of thioether (sulfide) groups is 1. The molecule has 1 aromatic carbocycles. The van der Waals surface area contributed by atoms with Crippen LogP contribution >= 0.6 is 23.1 Å². The zero-order valence-corrected chi connectivity index (χ0v) is 25.0. The van der Waals surface area contributed by atoms with Crippen molar-refractivity contribution >= 4 is 51.7 Å². The zero-order valence-electron chi connectivity index (χ0n) is 23.3. The fraction of sp³-hybridized carbons (Fsp3) is 0.407. The molecule has 2 amide bonds. The predicted molar refractivity (Wildman–Crippen MR) is 153 cm³/mol. The lowest BCUT2D eigenvalue weighted by molar-refractivity contribution is -0.127. The first-order valence-electron chi connectivity index (χ1n) is 12.7. The molecule has 0 spiro atoms. The van der Waals surface area contributed by atoms with E-state index in [1.54, 1.807) is 32.4 Å². The smallest absolute Gasteiger partial charge is 0.341 e. The van der Waals surface area contributed by atoms with E-state index in [1.165, 1.54) is 12.5 Å². The minimum absolute atomic E-state index is 0.0192. The lowest BCUT2D eigenvalue weighted by atomic mass is 10.1. The fourth-order valence-electron chi connectivity index (χ4n) is 3.68. The number of aryl methyl sites for hydroxylation is 1. The molecule has 3 aromatic rings. The highest BCUT2D eigenvalue weighted by atomic mass is 32.2. The van der Waals surface area contributed by atoms with E-state index in [4.69, 9.17) is 9.47 Å². The van der Waals surface area contributed by atoms with Gasteiger partial charge in [-0.2, -0.15) is 0 Å². The Balaban J connectivity index is 1.55. The maximum atomic E-state index is 12.7. The van der Waals surface area contributed by atoms with Crippen LogP contribution in [0.25, 0.3) is 0 Å². The van der Waals surface area contributed by atoms with Gasteiger partial charge in [-0.3, -0.25) is 14.4 Å². The number of rotatable bonds is 13. The first kappa shape index (κ1) is 30.8. The summed E-state index contributed by atoms with van der Waals surface area (Å²) in [5.41, 5.74) is 1.85. The van der Waals surface area contributed by atoms with Crippen LogP contribution in [0.5, 0.6) is 5.75 Å². The molecule has 1 atom stereocenters. The van der Waals surface area contributed by atoms with Crippen LogP contribution in [-0.4, -0.2) is 56.8 Å². The van der Waals surface area contributed by atoms with Crippen LogP contribution in [0.15, 0.2) is 29.4 Å². The highest BCUT2D eigenvalue weighted by molar-refractivity contribution is 7.99. The average molecular weight is 588 g/mol. The van der Waals surface area contributed by atoms with Crippen LogP contribution in [0.3, 0.4) is 0 Å². The molecule has 2 N–H and O–H groups in total. The summed E-state index contributed by atoms with van der Waals surface area (Å²) in [4.78, 5) is 50.1. The van der Waals surface area contributed by atoms with Crippen LogP contribution in [0.2, 0.25) is 0 Å². The summed E-state index contributed by atoms with van der Waals surface area (Å²) in [6.07, 6.45) is 0.216. The third kappa shape index (κ3) is 7.69. The van der Waals surface area contributed by atoms with E-state index in [9.17, 15) is 19.2 Å². The first-order valence-corrected chi connectivity index (χ1v) is 14.5. The largest absolute Gasteiger partial charge is 0.481 e. The van der Waals surface area contributed by atoms with Gasteiger partial charge in [0.2, 0.25) is 5.91 Å². The normalized spacial score (nSPS) is 11.6. The van der Waals surface area contributed by atoms with Gasteiger partial charge >= 0.3 is 5.97 Å². The molecule has 0 aliphatic carbocycles. The average Bonchev–Trinajstić information content (AvgIpc) is 3.44. The molecule has 13 heteroatoms. The van der Waals surface area contributed by atoms with Gasteiger partial charge in [0.15, 0.2) is 22.9 Å². The number of ether oxygens (including phenoxy) is 2. The van der Waals surface area contributed by atoms with Crippen LogP contribution in [0, 0.1) is 6.92 Å². The van der Waals surface area contributed by atoms with Crippen molar-refractivity contribution in [3.05, 3.63) is 51.7 Å². The van der Waals surface area contributed by atoms with E-state index >= 15 is 0 Å². The van der Waals surface area contributed by atoms with Gasteiger partial charge in [-0.25, -0.2) is 4.79 Å². The number of hydrogen-bond acceptors (Lipinski definition) is 10. The zero-order chi connectivity index (χ0) is 29.4. The number of hydrogen-bond donors (Lipinski definition) is 2. The molecule has 0 bridgehead atoms. The van der Waals surface area contributed by atoms with Gasteiger partial charge in [-0.15, -0.1) is 21.5 Å². The quantitative estimate of drug-likeness (QED) is 0.173. The Morgan fingerprint density at radius 2 is 1.82 bits per heavy atom. The molecular formula is C27H33N5O6S2. The van der Waals surface area contributed by atoms with Crippen molar-refractivity contribution in [3.8, 4) is 5.75 Å². The molecule has 0 aliphatic heterocycles. The summed E-state index contributed by atoms with van der Waals surface area (Å²) < 4.78 is 12.5. The third-order valence-corrected chi connectivity index (χ3v) is 8.22. The van der Waals surface area contributed by atoms with E-state index in [2.05, 4.69) is 27.8 Å². The molecule has 0 unspecified atom stereocenters. The Morgan fingerprint density at radius 3 is 2.45 bits per heavy atom. The van der Waals surface area contributed by atoms with Crippen LogP contribution in [0.1, 0.15) is 64.7 Å². The summed E-state index contributed by atoms with van der Waals surface area (Å²) in [5.74, 6) is -0.392. The minimum Gasteiger partial charge on any atom is -0.481 e. The van der Waals surface area contributed by atoms with Crippen molar-refractivity contribution in [1.82, 2.24) is 20.1 Å². The highest BCUT2D eigenvalue weighted by Gasteiger charge is 2.25. The predicted octanol–water partition coefficient (Wildman–Crippen LogP) is 3.94. The van der Waals surface area contributed by atoms with Crippen molar-refractivity contribution < 1.29 is 28.7 Å². The second-order valence-electron chi connectivity index (χ2n) is 8.81. The Kier molecular flexibility index (Phi) is 10.8. The maximum absolute atomic E-state index is 12.7. The van der Waals surface area contributed by atoms with Gasteiger partial charge in [0.1, 0.15) is 10.8 Å². The number of thiophene rings is 1. The highest BCUT2D eigenvalue weighted by Crippen LogP contribution is 2.34. The van der Waals surface area contributed by atoms with Gasteiger partial charge in [0, 0.05) is 7.05 Å². The molecule has 0 fully saturated rings. The van der Waals surface area contributed by atoms with Crippen molar-refractivity contribution in [2.75, 3.05) is 17.7 Å². The van der Waals surface area contributed by atoms with Gasteiger partial charge in [0.25, 0.3) is 5.91 Å². The molecule has 2 heterocycles. The van der Waals surface area contributed by atoms with E-state index in [0.29, 0.717) is 27.2 Å². The van der Waals surface area contributed by atoms with Crippen LogP contribution in [-0.2, 0) is 34.3 Å². The number of nitrogens with one attached hydrogen (secondary N) is 2. The van der Waals surface area contributed by atoms with E-state index in [1.807, 2.05) is 24.3 Å². The topological polar surface area (TPSA) is 142 Å². The maximum Gasteiger partial charge on any atom is 0.341 e. The standard InChI is InChI=1S/C27H33N5O6S2/c1-7-18-9-11-19(12-10-18)38-17(5)24(35)28-13-20-30-31-27(32(20)6)39-14-21(34)29-25-22(26(36)37-8-2)15(3)23(40-25)16(4)33/h9-12,17H,7-8,13-14H2,1-6H3,(H,28,35)(H,29,34)/t17-/m1/s1. The number of aromatic nitrogens is 3. The van der Waals surface area contributed by atoms with Crippen molar-refractivity contribution in [3.63, 3.8) is 0 Å². The van der Waals surface area contributed by atoms with E-state index in [-0.39, 0.29) is 47.1 Å². The summed E-state index contributed by atoms with van der Waals surface area (Å²) in [6, 6.07) is 7.60. The Morgan fingerprint density at radius 1 is 1.12 bits per heavy atom. The molecule has 3 rings (SSSR count). The lowest BCUT2D eigenvalue weighted by Crippen LogP contribution is -2.36. The van der Waals surface area contributed by atoms with Crippen molar-refractivity contribution in [1.29, 1.82) is 0 Å². The molecule has 0 saturated carbocycles. The number of nitrogens with zero attached hydrogens (tertiary/aromatic N) is 3. The lowest BCUT2D eigenvalue weighted by Gasteiger charge is -2.15. The van der Waals surface area contributed by atoms with Gasteiger partial charge in [-0.1, -0.05) is 30.8 Å². The SMILES string of the molecule is CCOC(=O)c1c(NC(=O)CSc2nnc(CNC(=O)[C@@H](C)Oc3ccc(CC)cc3)n2C)sc(C(C)=O)c1C. The van der Waals surface area contributed by atoms with Gasteiger partial charge < -0.3 is 24.7 Å². The summed E-state index contributed by atoms with van der Waals surface area (Å²) in [6.45, 7) is 8.77. The Bertz CT molecular complexity index is 1380. The van der Waals surface area contributed by atoms with Gasteiger partial charge in [-0.05, 0) is 57.4 Å².